The molecule has 5 nitrogen and oxygen atoms in total. The first-order chi connectivity index (χ1) is 12.4. The Kier molecular flexibility index (Phi) is 9.36. The van der Waals surface area contributed by atoms with Crippen molar-refractivity contribution in [3.05, 3.63) is 65.7 Å². The minimum atomic E-state index is -4.71. The Morgan fingerprint density at radius 3 is 2.30 bits per heavy atom. The van der Waals surface area contributed by atoms with Crippen LogP contribution >= 0.6 is 24.0 Å². The highest BCUT2D eigenvalue weighted by Crippen LogP contribution is 2.22. The van der Waals surface area contributed by atoms with Crippen LogP contribution < -0.4 is 15.8 Å². The Morgan fingerprint density at radius 2 is 1.74 bits per heavy atom. The summed E-state index contributed by atoms with van der Waals surface area (Å²) in [4.78, 5) is 4.14. The van der Waals surface area contributed by atoms with Gasteiger partial charge in [0.25, 0.3) is 0 Å². The number of aliphatic imine (C=N–C) groups is 1. The molecule has 0 amide bonds. The van der Waals surface area contributed by atoms with Crippen LogP contribution in [0.15, 0.2) is 59.6 Å². The van der Waals surface area contributed by atoms with Crippen molar-refractivity contribution in [3.63, 3.8) is 0 Å². The summed E-state index contributed by atoms with van der Waals surface area (Å²) >= 11 is 0. The van der Waals surface area contributed by atoms with Crippen molar-refractivity contribution in [2.75, 3.05) is 13.2 Å². The summed E-state index contributed by atoms with van der Waals surface area (Å²) in [7, 11) is 0. The van der Waals surface area contributed by atoms with E-state index in [1.165, 1.54) is 24.3 Å². The van der Waals surface area contributed by atoms with Crippen LogP contribution in [0, 0.1) is 0 Å². The number of ether oxygens (including phenoxy) is 1. The first-order valence-corrected chi connectivity index (χ1v) is 7.91. The smallest absolute Gasteiger partial charge is 0.406 e. The maximum Gasteiger partial charge on any atom is 0.573 e. The van der Waals surface area contributed by atoms with Gasteiger partial charge in [0.1, 0.15) is 5.75 Å². The number of nitrogens with zero attached hydrogens (tertiary/aromatic N) is 1. The SMILES string of the molecule is I.NC(=NCc1ccc(OC(F)(F)F)cc1)NCC(CO)c1ccccc1. The number of alkyl halides is 3. The maximum atomic E-state index is 12.1. The van der Waals surface area contributed by atoms with Crippen LogP contribution in [0.1, 0.15) is 17.0 Å². The van der Waals surface area contributed by atoms with Crippen LogP contribution in [0.3, 0.4) is 0 Å². The molecular formula is C18H21F3IN3O2. The highest BCUT2D eigenvalue weighted by Gasteiger charge is 2.30. The standard InChI is InChI=1S/C18H20F3N3O2.HI/c19-18(20,21)26-16-8-6-13(7-9-16)10-23-17(22)24-11-15(12-25)14-4-2-1-3-5-14;/h1-9,15,25H,10-12H2,(H3,22,23,24);1H. The Morgan fingerprint density at radius 1 is 1.11 bits per heavy atom. The number of hydrogen-bond acceptors (Lipinski definition) is 3. The van der Waals surface area contributed by atoms with Gasteiger partial charge in [0.15, 0.2) is 5.96 Å². The van der Waals surface area contributed by atoms with Gasteiger partial charge in [-0.25, -0.2) is 4.99 Å². The zero-order chi connectivity index (χ0) is 19.0. The lowest BCUT2D eigenvalue weighted by atomic mass is 10.0. The quantitative estimate of drug-likeness (QED) is 0.313. The molecule has 1 unspecified atom stereocenters. The molecule has 2 rings (SSSR count). The highest BCUT2D eigenvalue weighted by molar-refractivity contribution is 14.0. The number of aliphatic hydroxyl groups excluding tert-OH is 1. The van der Waals surface area contributed by atoms with Gasteiger partial charge in [-0.3, -0.25) is 0 Å². The van der Waals surface area contributed by atoms with E-state index < -0.39 is 6.36 Å². The number of halogens is 4. The molecule has 0 aliphatic rings. The second-order valence-corrected chi connectivity index (χ2v) is 5.56. The summed E-state index contributed by atoms with van der Waals surface area (Å²) in [5.74, 6) is -0.219. The van der Waals surface area contributed by atoms with Crippen molar-refractivity contribution in [3.8, 4) is 5.75 Å². The molecule has 0 bridgehead atoms. The van der Waals surface area contributed by atoms with Gasteiger partial charge in [0.05, 0.1) is 13.2 Å². The second-order valence-electron chi connectivity index (χ2n) is 5.56. The average molecular weight is 495 g/mol. The molecule has 0 saturated heterocycles. The Bertz CT molecular complexity index is 710. The van der Waals surface area contributed by atoms with Gasteiger partial charge in [0, 0.05) is 12.5 Å². The number of rotatable bonds is 7. The second kappa shape index (κ2) is 11.0. The Balaban J connectivity index is 0.00000364. The van der Waals surface area contributed by atoms with E-state index in [2.05, 4.69) is 15.0 Å². The maximum absolute atomic E-state index is 12.1. The lowest BCUT2D eigenvalue weighted by molar-refractivity contribution is -0.274. The third kappa shape index (κ3) is 8.48. The van der Waals surface area contributed by atoms with E-state index in [4.69, 9.17) is 5.73 Å². The van der Waals surface area contributed by atoms with Crippen molar-refractivity contribution < 1.29 is 23.0 Å². The molecule has 2 aromatic carbocycles. The van der Waals surface area contributed by atoms with E-state index in [1.807, 2.05) is 30.3 Å². The fourth-order valence-electron chi connectivity index (χ4n) is 2.27. The molecule has 0 radical (unpaired) electrons. The molecule has 27 heavy (non-hydrogen) atoms. The van der Waals surface area contributed by atoms with Crippen LogP contribution in [-0.2, 0) is 6.54 Å². The Hall–Kier alpha value is -2.01. The first-order valence-electron chi connectivity index (χ1n) is 7.91. The van der Waals surface area contributed by atoms with Crippen molar-refractivity contribution in [2.45, 2.75) is 18.8 Å². The number of hydrogen-bond donors (Lipinski definition) is 3. The summed E-state index contributed by atoms with van der Waals surface area (Å²) in [6.45, 7) is 0.583. The number of nitrogens with one attached hydrogen (secondary N) is 1. The van der Waals surface area contributed by atoms with Gasteiger partial charge < -0.3 is 20.9 Å². The lowest BCUT2D eigenvalue weighted by Crippen LogP contribution is -2.35. The van der Waals surface area contributed by atoms with Crippen molar-refractivity contribution in [2.24, 2.45) is 10.7 Å². The normalized spacial score (nSPS) is 12.8. The van der Waals surface area contributed by atoms with Crippen LogP contribution in [-0.4, -0.2) is 30.6 Å². The van der Waals surface area contributed by atoms with E-state index in [9.17, 15) is 18.3 Å². The van der Waals surface area contributed by atoms with Crippen LogP contribution in [0.2, 0.25) is 0 Å². The lowest BCUT2D eigenvalue weighted by Gasteiger charge is -2.15. The molecule has 4 N–H and O–H groups in total. The molecule has 0 spiro atoms. The molecule has 0 aliphatic heterocycles. The van der Waals surface area contributed by atoms with E-state index >= 15 is 0 Å². The number of nitrogens with two attached hydrogens (primary N) is 1. The van der Waals surface area contributed by atoms with Gasteiger partial charge in [-0.15, -0.1) is 37.1 Å². The van der Waals surface area contributed by atoms with Gasteiger partial charge in [-0.1, -0.05) is 42.5 Å². The molecular weight excluding hydrogens is 474 g/mol. The largest absolute Gasteiger partial charge is 0.573 e. The summed E-state index contributed by atoms with van der Waals surface area (Å²) < 4.78 is 40.1. The summed E-state index contributed by atoms with van der Waals surface area (Å²) in [5.41, 5.74) is 7.47. The number of guanidine groups is 1. The molecule has 9 heteroatoms. The minimum absolute atomic E-state index is 0. The van der Waals surface area contributed by atoms with Gasteiger partial charge in [0.2, 0.25) is 0 Å². The Labute approximate surface area is 172 Å². The molecule has 0 heterocycles. The topological polar surface area (TPSA) is 79.9 Å². The predicted octanol–water partition coefficient (Wildman–Crippen LogP) is 3.38. The van der Waals surface area contributed by atoms with Gasteiger partial charge >= 0.3 is 6.36 Å². The summed E-state index contributed by atoms with van der Waals surface area (Å²) in [6.07, 6.45) is -4.71. The molecule has 1 atom stereocenters. The van der Waals surface area contributed by atoms with Crippen LogP contribution in [0.5, 0.6) is 5.75 Å². The van der Waals surface area contributed by atoms with Crippen molar-refractivity contribution >= 4 is 29.9 Å². The van der Waals surface area contributed by atoms with Crippen LogP contribution in [0.25, 0.3) is 0 Å². The zero-order valence-corrected chi connectivity index (χ0v) is 16.6. The van der Waals surface area contributed by atoms with E-state index in [1.54, 1.807) is 0 Å². The average Bonchev–Trinajstić information content (AvgIpc) is 2.61. The molecule has 0 aliphatic carbocycles. The van der Waals surface area contributed by atoms with Crippen molar-refractivity contribution in [1.29, 1.82) is 0 Å². The van der Waals surface area contributed by atoms with E-state index in [0.717, 1.165) is 5.56 Å². The number of benzene rings is 2. The molecule has 0 saturated carbocycles. The van der Waals surface area contributed by atoms with Gasteiger partial charge in [-0.05, 0) is 23.3 Å². The van der Waals surface area contributed by atoms with Crippen LogP contribution in [0.4, 0.5) is 13.2 Å². The molecule has 0 fully saturated rings. The van der Waals surface area contributed by atoms with Gasteiger partial charge in [-0.2, -0.15) is 0 Å². The third-order valence-electron chi connectivity index (χ3n) is 3.61. The fraction of sp³-hybridized carbons (Fsp3) is 0.278. The summed E-state index contributed by atoms with van der Waals surface area (Å²) in [5, 5.41) is 12.4. The van der Waals surface area contributed by atoms with E-state index in [-0.39, 0.29) is 54.8 Å². The highest BCUT2D eigenvalue weighted by atomic mass is 127. The fourth-order valence-corrected chi connectivity index (χ4v) is 2.27. The first kappa shape index (κ1) is 23.0. The molecule has 2 aromatic rings. The van der Waals surface area contributed by atoms with E-state index in [0.29, 0.717) is 12.1 Å². The minimum Gasteiger partial charge on any atom is -0.406 e. The number of aliphatic hydroxyl groups is 1. The zero-order valence-electron chi connectivity index (χ0n) is 14.3. The third-order valence-corrected chi connectivity index (χ3v) is 3.61. The van der Waals surface area contributed by atoms with Crippen molar-refractivity contribution in [1.82, 2.24) is 5.32 Å². The molecule has 0 aromatic heterocycles. The monoisotopic (exact) mass is 495 g/mol. The predicted molar refractivity (Wildman–Crippen MR) is 108 cm³/mol. The summed E-state index contributed by atoms with van der Waals surface area (Å²) in [6, 6.07) is 14.9. The molecule has 148 valence electrons.